The van der Waals surface area contributed by atoms with E-state index in [4.69, 9.17) is 4.74 Å². The minimum absolute atomic E-state index is 0.0233. The molecule has 3 atom stereocenters. The number of aliphatic hydroxyl groups is 1. The molecule has 2 aromatic rings. The number of hydrogen-bond acceptors (Lipinski definition) is 6. The number of carbonyl (C=O) groups excluding carboxylic acids is 2. The van der Waals surface area contributed by atoms with Gasteiger partial charge in [-0.25, -0.2) is 0 Å². The highest BCUT2D eigenvalue weighted by atomic mass is 16.5. The highest BCUT2D eigenvalue weighted by molar-refractivity contribution is 5.99. The van der Waals surface area contributed by atoms with Crippen LogP contribution in [-0.4, -0.2) is 79.4 Å². The number of carbonyl (C=O) groups is 2. The summed E-state index contributed by atoms with van der Waals surface area (Å²) in [5.74, 6) is -0.126. The third-order valence-electron chi connectivity index (χ3n) is 9.78. The zero-order chi connectivity index (χ0) is 30.5. The average molecular weight is 591 g/mol. The van der Waals surface area contributed by atoms with E-state index in [1.807, 2.05) is 19.9 Å². The van der Waals surface area contributed by atoms with E-state index in [9.17, 15) is 14.7 Å². The molecule has 3 aliphatic heterocycles. The summed E-state index contributed by atoms with van der Waals surface area (Å²) in [5, 5.41) is 16.0. The van der Waals surface area contributed by atoms with Gasteiger partial charge in [0.05, 0.1) is 12.0 Å². The second-order valence-electron chi connectivity index (χ2n) is 12.9. The number of ether oxygens (including phenoxy) is 1. The van der Waals surface area contributed by atoms with Crippen molar-refractivity contribution in [1.82, 2.24) is 15.5 Å². The number of nitrogens with one attached hydrogen (secondary N) is 2. The molecular formula is C35H50N4O4. The van der Waals surface area contributed by atoms with Crippen LogP contribution in [0.15, 0.2) is 36.4 Å². The Hall–Kier alpha value is -2.94. The lowest BCUT2D eigenvalue weighted by Gasteiger charge is -2.37. The number of benzene rings is 2. The maximum Gasteiger partial charge on any atom is 0.251 e. The maximum atomic E-state index is 13.8. The molecule has 0 saturated carbocycles. The molecule has 0 bridgehead atoms. The molecule has 3 saturated heterocycles. The number of piperidine rings is 2. The molecule has 0 aromatic heterocycles. The van der Waals surface area contributed by atoms with E-state index in [1.165, 1.54) is 5.56 Å². The molecule has 234 valence electrons. The van der Waals surface area contributed by atoms with Crippen LogP contribution in [0.2, 0.25) is 0 Å². The van der Waals surface area contributed by atoms with Gasteiger partial charge in [-0.2, -0.15) is 0 Å². The van der Waals surface area contributed by atoms with Crippen molar-refractivity contribution in [2.24, 2.45) is 11.8 Å². The van der Waals surface area contributed by atoms with Crippen molar-refractivity contribution < 1.29 is 19.4 Å². The molecule has 8 nitrogen and oxygen atoms in total. The largest absolute Gasteiger partial charge is 0.393 e. The first-order valence-corrected chi connectivity index (χ1v) is 16.3. The normalized spacial score (nSPS) is 24.0. The van der Waals surface area contributed by atoms with Crippen LogP contribution in [0.5, 0.6) is 0 Å². The Morgan fingerprint density at radius 1 is 1.07 bits per heavy atom. The fraction of sp³-hybridized carbons (Fsp3) is 0.600. The zero-order valence-electron chi connectivity index (χ0n) is 26.4. The average Bonchev–Trinajstić information content (AvgIpc) is 3.00. The molecule has 3 fully saturated rings. The smallest absolute Gasteiger partial charge is 0.251 e. The summed E-state index contributed by atoms with van der Waals surface area (Å²) in [6.07, 6.45) is 4.34. The Morgan fingerprint density at radius 2 is 1.77 bits per heavy atom. The van der Waals surface area contributed by atoms with Gasteiger partial charge in [0.2, 0.25) is 5.91 Å². The molecule has 5 rings (SSSR count). The van der Waals surface area contributed by atoms with Crippen LogP contribution in [-0.2, 0) is 16.1 Å². The van der Waals surface area contributed by atoms with Crippen molar-refractivity contribution in [3.8, 4) is 11.1 Å². The van der Waals surface area contributed by atoms with E-state index >= 15 is 0 Å². The summed E-state index contributed by atoms with van der Waals surface area (Å²) >= 11 is 0. The van der Waals surface area contributed by atoms with Crippen LogP contribution in [0.3, 0.4) is 0 Å². The second-order valence-corrected chi connectivity index (χ2v) is 12.9. The lowest BCUT2D eigenvalue weighted by atomic mass is 9.84. The molecule has 0 aliphatic carbocycles. The monoisotopic (exact) mass is 590 g/mol. The van der Waals surface area contributed by atoms with Crippen LogP contribution in [0.25, 0.3) is 11.1 Å². The van der Waals surface area contributed by atoms with Crippen LogP contribution in [0.4, 0.5) is 5.69 Å². The fourth-order valence-corrected chi connectivity index (χ4v) is 7.14. The Morgan fingerprint density at radius 3 is 2.42 bits per heavy atom. The molecule has 8 heteroatoms. The second kappa shape index (κ2) is 14.2. The molecule has 3 aliphatic rings. The third-order valence-corrected chi connectivity index (χ3v) is 9.78. The Kier molecular flexibility index (Phi) is 10.4. The van der Waals surface area contributed by atoms with Crippen LogP contribution in [0, 0.1) is 18.8 Å². The lowest BCUT2D eigenvalue weighted by Crippen LogP contribution is -2.50. The van der Waals surface area contributed by atoms with Gasteiger partial charge in [-0.1, -0.05) is 31.2 Å². The predicted molar refractivity (Wildman–Crippen MR) is 171 cm³/mol. The van der Waals surface area contributed by atoms with Crippen molar-refractivity contribution in [1.29, 1.82) is 0 Å². The first kappa shape index (κ1) is 31.5. The van der Waals surface area contributed by atoms with E-state index in [0.717, 1.165) is 93.9 Å². The first-order valence-electron chi connectivity index (χ1n) is 16.3. The first-order chi connectivity index (χ1) is 20.7. The summed E-state index contributed by atoms with van der Waals surface area (Å²) < 4.78 is 5.66. The van der Waals surface area contributed by atoms with Gasteiger partial charge >= 0.3 is 0 Å². The van der Waals surface area contributed by atoms with E-state index in [2.05, 4.69) is 64.6 Å². The van der Waals surface area contributed by atoms with E-state index in [0.29, 0.717) is 18.2 Å². The Labute approximate surface area is 257 Å². The maximum absolute atomic E-state index is 13.8. The number of likely N-dealkylation sites (tertiary alicyclic amines) is 1. The van der Waals surface area contributed by atoms with Gasteiger partial charge in [0.25, 0.3) is 5.91 Å². The summed E-state index contributed by atoms with van der Waals surface area (Å²) in [6, 6.07) is 13.5. The number of nitrogens with zero attached hydrogens (tertiary/aromatic N) is 2. The van der Waals surface area contributed by atoms with Gasteiger partial charge < -0.3 is 25.4 Å². The molecular weight excluding hydrogens is 540 g/mol. The highest BCUT2D eigenvalue weighted by Crippen LogP contribution is 2.34. The summed E-state index contributed by atoms with van der Waals surface area (Å²) in [6.45, 7) is 13.8. The Bertz CT molecular complexity index is 1250. The number of aliphatic hydroxyl groups excluding tert-OH is 1. The van der Waals surface area contributed by atoms with Crippen molar-refractivity contribution in [3.63, 3.8) is 0 Å². The lowest BCUT2D eigenvalue weighted by molar-refractivity contribution is -0.129. The van der Waals surface area contributed by atoms with Crippen LogP contribution >= 0.6 is 0 Å². The molecule has 2 amide bonds. The van der Waals surface area contributed by atoms with Gasteiger partial charge in [0.1, 0.15) is 0 Å². The fourth-order valence-electron chi connectivity index (χ4n) is 7.14. The molecule has 3 N–H and O–H groups in total. The standard InChI is InChI=1S/C35H50N4O4/c1-5-39(29-12-16-43-17-13-29)33-20-28(27-8-6-26(7-9-27)22-38-14-10-30(40)11-15-38)19-31(25(33)4)34(41)36-21-32-23(2)18-24(3)37-35(32)42/h6-9,19-20,23-24,29-30,32,40H,5,10-18,21-22H2,1-4H3,(H,36,41)(H,37,42). The predicted octanol–water partition coefficient (Wildman–Crippen LogP) is 4.51. The number of anilines is 1. The molecule has 0 spiro atoms. The van der Waals surface area contributed by atoms with Gasteiger partial charge in [0, 0.05) is 69.3 Å². The van der Waals surface area contributed by atoms with Crippen molar-refractivity contribution >= 4 is 17.5 Å². The van der Waals surface area contributed by atoms with Crippen molar-refractivity contribution in [2.45, 2.75) is 84.5 Å². The van der Waals surface area contributed by atoms with Gasteiger partial charge in [-0.3, -0.25) is 14.5 Å². The SMILES string of the molecule is CCN(c1cc(-c2ccc(CN3CCC(O)CC3)cc2)cc(C(=O)NCC2C(=O)NC(C)CC2C)c1C)C1CCOCC1. The summed E-state index contributed by atoms with van der Waals surface area (Å²) in [5.41, 5.74) is 6.05. The minimum Gasteiger partial charge on any atom is -0.393 e. The van der Waals surface area contributed by atoms with Gasteiger partial charge in [-0.05, 0) is 93.2 Å². The molecule has 43 heavy (non-hydrogen) atoms. The number of amides is 2. The minimum atomic E-state index is -0.229. The van der Waals surface area contributed by atoms with Crippen LogP contribution in [0.1, 0.15) is 74.4 Å². The molecule has 3 unspecified atom stereocenters. The third kappa shape index (κ3) is 7.59. The Balaban J connectivity index is 1.41. The van der Waals surface area contributed by atoms with Gasteiger partial charge in [-0.15, -0.1) is 0 Å². The van der Waals surface area contributed by atoms with E-state index in [-0.39, 0.29) is 35.8 Å². The van der Waals surface area contributed by atoms with Crippen molar-refractivity contribution in [2.75, 3.05) is 44.3 Å². The van der Waals surface area contributed by atoms with Gasteiger partial charge in [0.15, 0.2) is 0 Å². The number of rotatable bonds is 9. The zero-order valence-corrected chi connectivity index (χ0v) is 26.4. The van der Waals surface area contributed by atoms with E-state index < -0.39 is 0 Å². The van der Waals surface area contributed by atoms with Crippen LogP contribution < -0.4 is 15.5 Å². The molecule has 3 heterocycles. The van der Waals surface area contributed by atoms with Crippen molar-refractivity contribution in [3.05, 3.63) is 53.1 Å². The summed E-state index contributed by atoms with van der Waals surface area (Å²) in [4.78, 5) is 31.3. The molecule has 2 aromatic carbocycles. The number of hydrogen-bond donors (Lipinski definition) is 3. The molecule has 0 radical (unpaired) electrons. The summed E-state index contributed by atoms with van der Waals surface area (Å²) in [7, 11) is 0. The topological polar surface area (TPSA) is 94.1 Å². The quantitative estimate of drug-likeness (QED) is 0.398. The highest BCUT2D eigenvalue weighted by Gasteiger charge is 2.33. The van der Waals surface area contributed by atoms with E-state index in [1.54, 1.807) is 0 Å².